The molecule has 4 nitrogen and oxygen atoms in total. The Kier molecular flexibility index (Phi) is 4.53. The normalized spacial score (nSPS) is 13.7. The van der Waals surface area contributed by atoms with Gasteiger partial charge in [-0.2, -0.15) is 0 Å². The first-order valence-corrected chi connectivity index (χ1v) is 7.84. The molecule has 0 unspecified atom stereocenters. The van der Waals surface area contributed by atoms with E-state index in [-0.39, 0.29) is 11.8 Å². The van der Waals surface area contributed by atoms with E-state index in [2.05, 4.69) is 17.0 Å². The van der Waals surface area contributed by atoms with Crippen molar-refractivity contribution < 1.29 is 9.59 Å². The van der Waals surface area contributed by atoms with Crippen molar-refractivity contribution >= 4 is 11.8 Å². The fourth-order valence-corrected chi connectivity index (χ4v) is 2.79. The number of fused-ring (bicyclic) bond motifs is 1. The molecule has 0 atom stereocenters. The lowest BCUT2D eigenvalue weighted by atomic mass is 10.1. The zero-order chi connectivity index (χ0) is 16.2. The molecule has 1 aliphatic heterocycles. The van der Waals surface area contributed by atoms with E-state index in [4.69, 9.17) is 0 Å². The van der Waals surface area contributed by atoms with Crippen molar-refractivity contribution in [2.45, 2.75) is 6.42 Å². The van der Waals surface area contributed by atoms with E-state index < -0.39 is 0 Å². The molecule has 0 N–H and O–H groups in total. The molecule has 0 saturated heterocycles. The molecule has 0 aliphatic carbocycles. The monoisotopic (exact) mass is 308 g/mol. The Bertz CT molecular complexity index is 677. The highest BCUT2D eigenvalue weighted by molar-refractivity contribution is 6.21. The summed E-state index contributed by atoms with van der Waals surface area (Å²) in [6.45, 7) is 2.00. The van der Waals surface area contributed by atoms with Gasteiger partial charge < -0.3 is 4.90 Å². The van der Waals surface area contributed by atoms with Gasteiger partial charge in [-0.05, 0) is 31.2 Å². The van der Waals surface area contributed by atoms with Crippen LogP contribution in [-0.4, -0.2) is 48.3 Å². The van der Waals surface area contributed by atoms with Crippen molar-refractivity contribution in [2.24, 2.45) is 0 Å². The Morgan fingerprint density at radius 1 is 0.826 bits per heavy atom. The Balaban J connectivity index is 1.53. The number of likely N-dealkylation sites (N-methyl/N-ethyl adjacent to an activating group) is 1. The Morgan fingerprint density at radius 3 is 2.00 bits per heavy atom. The standard InChI is InChI=1S/C19H20N2O2/c1-20(12-11-15-7-3-2-4-8-15)13-14-21-18(22)16-9-5-6-10-17(16)19(21)23/h2-10H,11-14H2,1H3. The minimum absolute atomic E-state index is 0.179. The van der Waals surface area contributed by atoms with Crippen LogP contribution in [0.1, 0.15) is 26.3 Å². The molecule has 0 saturated carbocycles. The van der Waals surface area contributed by atoms with Gasteiger partial charge in [0, 0.05) is 19.6 Å². The predicted molar refractivity (Wildman–Crippen MR) is 89.5 cm³/mol. The zero-order valence-electron chi connectivity index (χ0n) is 13.2. The summed E-state index contributed by atoms with van der Waals surface area (Å²) in [5.41, 5.74) is 2.33. The number of carbonyl (C=O) groups is 2. The average Bonchev–Trinajstić information content (AvgIpc) is 2.83. The molecule has 118 valence electrons. The van der Waals surface area contributed by atoms with E-state index in [1.165, 1.54) is 10.5 Å². The molecular weight excluding hydrogens is 288 g/mol. The lowest BCUT2D eigenvalue weighted by Gasteiger charge is -2.20. The molecule has 0 bridgehead atoms. The van der Waals surface area contributed by atoms with Gasteiger partial charge in [-0.25, -0.2) is 0 Å². The smallest absolute Gasteiger partial charge is 0.261 e. The van der Waals surface area contributed by atoms with Crippen molar-refractivity contribution in [3.63, 3.8) is 0 Å². The topological polar surface area (TPSA) is 40.6 Å². The molecule has 1 heterocycles. The average molecular weight is 308 g/mol. The molecular formula is C19H20N2O2. The lowest BCUT2D eigenvalue weighted by molar-refractivity contribution is 0.0641. The van der Waals surface area contributed by atoms with Crippen LogP contribution in [0.2, 0.25) is 0 Å². The molecule has 0 radical (unpaired) electrons. The predicted octanol–water partition coefficient (Wildman–Crippen LogP) is 2.46. The summed E-state index contributed by atoms with van der Waals surface area (Å²) in [5.74, 6) is -0.357. The number of rotatable bonds is 6. The largest absolute Gasteiger partial charge is 0.304 e. The molecule has 3 rings (SSSR count). The third-order valence-corrected chi connectivity index (χ3v) is 4.21. The van der Waals surface area contributed by atoms with Gasteiger partial charge in [0.05, 0.1) is 11.1 Å². The van der Waals surface area contributed by atoms with Crippen LogP contribution in [0.5, 0.6) is 0 Å². The third-order valence-electron chi connectivity index (χ3n) is 4.21. The molecule has 1 aliphatic rings. The maximum Gasteiger partial charge on any atom is 0.261 e. The fraction of sp³-hybridized carbons (Fsp3) is 0.263. The summed E-state index contributed by atoms with van der Waals surface area (Å²) in [5, 5.41) is 0. The number of hydrogen-bond donors (Lipinski definition) is 0. The first-order valence-electron chi connectivity index (χ1n) is 7.84. The zero-order valence-corrected chi connectivity index (χ0v) is 13.2. The van der Waals surface area contributed by atoms with Gasteiger partial charge in [-0.3, -0.25) is 14.5 Å². The van der Waals surface area contributed by atoms with E-state index in [9.17, 15) is 9.59 Å². The highest BCUT2D eigenvalue weighted by Crippen LogP contribution is 2.21. The minimum Gasteiger partial charge on any atom is -0.304 e. The first kappa shape index (κ1) is 15.4. The van der Waals surface area contributed by atoms with Gasteiger partial charge in [0.1, 0.15) is 0 Å². The maximum atomic E-state index is 12.3. The number of amides is 2. The number of nitrogens with zero attached hydrogens (tertiary/aromatic N) is 2. The van der Waals surface area contributed by atoms with Gasteiger partial charge >= 0.3 is 0 Å². The summed E-state index contributed by atoms with van der Waals surface area (Å²) < 4.78 is 0. The summed E-state index contributed by atoms with van der Waals surface area (Å²) in [7, 11) is 2.01. The third kappa shape index (κ3) is 3.32. The van der Waals surface area contributed by atoms with Crippen LogP contribution in [0.3, 0.4) is 0 Å². The van der Waals surface area contributed by atoms with Crippen LogP contribution in [0, 0.1) is 0 Å². The van der Waals surface area contributed by atoms with Crippen molar-refractivity contribution in [1.82, 2.24) is 9.80 Å². The number of benzene rings is 2. The number of hydrogen-bond acceptors (Lipinski definition) is 3. The lowest BCUT2D eigenvalue weighted by Crippen LogP contribution is -2.37. The van der Waals surface area contributed by atoms with Gasteiger partial charge in [-0.1, -0.05) is 42.5 Å². The second kappa shape index (κ2) is 6.75. The quantitative estimate of drug-likeness (QED) is 0.770. The van der Waals surface area contributed by atoms with Crippen LogP contribution in [0.15, 0.2) is 54.6 Å². The minimum atomic E-state index is -0.179. The van der Waals surface area contributed by atoms with Crippen molar-refractivity contribution in [1.29, 1.82) is 0 Å². The summed E-state index contributed by atoms with van der Waals surface area (Å²) in [6.07, 6.45) is 0.958. The van der Waals surface area contributed by atoms with Crippen molar-refractivity contribution in [3.05, 3.63) is 71.3 Å². The molecule has 2 aromatic rings. The van der Waals surface area contributed by atoms with E-state index >= 15 is 0 Å². The van der Waals surface area contributed by atoms with Crippen LogP contribution < -0.4 is 0 Å². The van der Waals surface area contributed by atoms with E-state index in [1.807, 2.05) is 25.2 Å². The summed E-state index contributed by atoms with van der Waals surface area (Å²) >= 11 is 0. The molecule has 4 heteroatoms. The summed E-state index contributed by atoms with van der Waals surface area (Å²) in [6, 6.07) is 17.3. The molecule has 23 heavy (non-hydrogen) atoms. The Labute approximate surface area is 136 Å². The highest BCUT2D eigenvalue weighted by Gasteiger charge is 2.34. The Hall–Kier alpha value is -2.46. The molecule has 2 amide bonds. The van der Waals surface area contributed by atoms with Crippen LogP contribution >= 0.6 is 0 Å². The second-order valence-corrected chi connectivity index (χ2v) is 5.85. The van der Waals surface area contributed by atoms with E-state index in [0.29, 0.717) is 24.2 Å². The van der Waals surface area contributed by atoms with Crippen molar-refractivity contribution in [3.8, 4) is 0 Å². The SMILES string of the molecule is CN(CCc1ccccc1)CCN1C(=O)c2ccccc2C1=O. The summed E-state index contributed by atoms with van der Waals surface area (Å²) in [4.78, 5) is 28.1. The number of carbonyl (C=O) groups excluding carboxylic acids is 2. The molecule has 0 fully saturated rings. The van der Waals surface area contributed by atoms with E-state index in [1.54, 1.807) is 24.3 Å². The van der Waals surface area contributed by atoms with Gasteiger partial charge in [-0.15, -0.1) is 0 Å². The van der Waals surface area contributed by atoms with Gasteiger partial charge in [0.25, 0.3) is 11.8 Å². The molecule has 0 spiro atoms. The van der Waals surface area contributed by atoms with E-state index in [0.717, 1.165) is 13.0 Å². The Morgan fingerprint density at radius 2 is 1.39 bits per heavy atom. The van der Waals surface area contributed by atoms with Crippen LogP contribution in [0.25, 0.3) is 0 Å². The highest BCUT2D eigenvalue weighted by atomic mass is 16.2. The fourth-order valence-electron chi connectivity index (χ4n) is 2.79. The second-order valence-electron chi connectivity index (χ2n) is 5.85. The van der Waals surface area contributed by atoms with Crippen molar-refractivity contribution in [2.75, 3.05) is 26.7 Å². The van der Waals surface area contributed by atoms with Gasteiger partial charge in [0.15, 0.2) is 0 Å². The molecule has 2 aromatic carbocycles. The molecule has 0 aromatic heterocycles. The first-order chi connectivity index (χ1) is 11.2. The van der Waals surface area contributed by atoms with Crippen LogP contribution in [-0.2, 0) is 6.42 Å². The maximum absolute atomic E-state index is 12.3. The number of imide groups is 1. The van der Waals surface area contributed by atoms with Crippen LogP contribution in [0.4, 0.5) is 0 Å². The van der Waals surface area contributed by atoms with Gasteiger partial charge in [0.2, 0.25) is 0 Å².